The monoisotopic (exact) mass is 307 g/mol. The zero-order valence-corrected chi connectivity index (χ0v) is 13.6. The van der Waals surface area contributed by atoms with E-state index < -0.39 is 0 Å². The Hall–Kier alpha value is -0.970. The molecule has 0 atom stereocenters. The van der Waals surface area contributed by atoms with Gasteiger partial charge in [0.15, 0.2) is 0 Å². The lowest BCUT2D eigenvalue weighted by Crippen LogP contribution is -2.21. The second kappa shape index (κ2) is 6.98. The largest absolute Gasteiger partial charge is 0.372 e. The minimum absolute atomic E-state index is 0.960. The summed E-state index contributed by atoms with van der Waals surface area (Å²) in [6.07, 6.45) is 4.27. The van der Waals surface area contributed by atoms with Gasteiger partial charge in [0.2, 0.25) is 0 Å². The van der Waals surface area contributed by atoms with Crippen LogP contribution >= 0.6 is 32.9 Å². The highest BCUT2D eigenvalue weighted by atomic mass is 32.9. The van der Waals surface area contributed by atoms with Crippen molar-refractivity contribution < 1.29 is 0 Å². The first kappa shape index (κ1) is 14.4. The first-order chi connectivity index (χ1) is 9.22. The molecular formula is C15H17NS3. The molecule has 0 spiro atoms. The van der Waals surface area contributed by atoms with Crippen LogP contribution in [-0.2, 0) is 0 Å². The third-order valence-electron chi connectivity index (χ3n) is 2.94. The van der Waals surface area contributed by atoms with Crippen LogP contribution in [0.4, 0.5) is 5.69 Å². The zero-order valence-electron chi connectivity index (χ0n) is 11.1. The van der Waals surface area contributed by atoms with Crippen molar-refractivity contribution in [3.8, 4) is 0 Å². The van der Waals surface area contributed by atoms with E-state index in [2.05, 4.69) is 55.2 Å². The van der Waals surface area contributed by atoms with Crippen LogP contribution < -0.4 is 4.90 Å². The summed E-state index contributed by atoms with van der Waals surface area (Å²) in [6.45, 7) is 6.46. The van der Waals surface area contributed by atoms with Crippen LogP contribution in [0.2, 0.25) is 0 Å². The van der Waals surface area contributed by atoms with Gasteiger partial charge in [-0.25, -0.2) is 0 Å². The summed E-state index contributed by atoms with van der Waals surface area (Å²) in [7, 11) is 3.38. The Morgan fingerprint density at radius 2 is 1.74 bits per heavy atom. The van der Waals surface area contributed by atoms with E-state index in [1.54, 1.807) is 20.7 Å². The van der Waals surface area contributed by atoms with Crippen molar-refractivity contribution in [2.75, 3.05) is 18.0 Å². The molecule has 0 aliphatic carbocycles. The Morgan fingerprint density at radius 1 is 1.05 bits per heavy atom. The van der Waals surface area contributed by atoms with Crippen LogP contribution in [0.5, 0.6) is 0 Å². The van der Waals surface area contributed by atoms with Crippen LogP contribution in [0.15, 0.2) is 30.3 Å². The quantitative estimate of drug-likeness (QED) is 0.526. The summed E-state index contributed by atoms with van der Waals surface area (Å²) in [5.74, 6) is 0. The van der Waals surface area contributed by atoms with Crippen molar-refractivity contribution in [2.45, 2.75) is 13.8 Å². The van der Waals surface area contributed by atoms with Gasteiger partial charge in [-0.3, -0.25) is 0 Å². The number of benzene rings is 1. The number of anilines is 1. The molecule has 0 saturated heterocycles. The van der Waals surface area contributed by atoms with Crippen molar-refractivity contribution in [1.29, 1.82) is 0 Å². The lowest BCUT2D eigenvalue weighted by atomic mass is 10.1. The SMILES string of the molecule is CCN(CC)c1ccc(C=Cc2cc(=S)ss2)cc1. The van der Waals surface area contributed by atoms with Gasteiger partial charge in [0.25, 0.3) is 0 Å². The Morgan fingerprint density at radius 3 is 2.26 bits per heavy atom. The minimum Gasteiger partial charge on any atom is -0.372 e. The molecule has 0 amide bonds. The van der Waals surface area contributed by atoms with E-state index >= 15 is 0 Å². The highest BCUT2D eigenvalue weighted by Gasteiger charge is 2.00. The summed E-state index contributed by atoms with van der Waals surface area (Å²) in [5.41, 5.74) is 2.51. The summed E-state index contributed by atoms with van der Waals surface area (Å²) < 4.78 is 0.960. The van der Waals surface area contributed by atoms with Gasteiger partial charge in [-0.15, -0.1) is 0 Å². The second-order valence-corrected chi connectivity index (χ2v) is 7.07. The maximum absolute atomic E-state index is 5.13. The molecule has 0 fully saturated rings. The van der Waals surface area contributed by atoms with E-state index in [1.165, 1.54) is 16.1 Å². The molecule has 0 unspecified atom stereocenters. The molecule has 1 nitrogen and oxygen atoms in total. The molecule has 0 bridgehead atoms. The third-order valence-corrected chi connectivity index (χ3v) is 5.80. The Labute approximate surface area is 127 Å². The summed E-state index contributed by atoms with van der Waals surface area (Å²) in [4.78, 5) is 3.57. The molecule has 1 aromatic heterocycles. The molecule has 1 aromatic carbocycles. The van der Waals surface area contributed by atoms with Gasteiger partial charge in [0, 0.05) is 23.7 Å². The van der Waals surface area contributed by atoms with Gasteiger partial charge >= 0.3 is 0 Å². The van der Waals surface area contributed by atoms with Crippen LogP contribution in [0.3, 0.4) is 0 Å². The maximum Gasteiger partial charge on any atom is 0.102 e. The molecule has 0 aliphatic heterocycles. The highest BCUT2D eigenvalue weighted by molar-refractivity contribution is 7.79. The molecule has 0 saturated carbocycles. The lowest BCUT2D eigenvalue weighted by molar-refractivity contribution is 0.866. The summed E-state index contributed by atoms with van der Waals surface area (Å²) >= 11 is 5.13. The molecule has 2 rings (SSSR count). The standard InChI is InChI=1S/C15H17NS3/c1-3-16(4-2)13-8-5-12(6-9-13)7-10-14-11-15(17)19-18-14/h5-11H,3-4H2,1-2H3. The predicted molar refractivity (Wildman–Crippen MR) is 92.0 cm³/mol. The van der Waals surface area contributed by atoms with E-state index in [0.717, 1.165) is 16.9 Å². The van der Waals surface area contributed by atoms with Gasteiger partial charge < -0.3 is 4.90 Å². The normalized spacial score (nSPS) is 11.1. The molecule has 1 heterocycles. The van der Waals surface area contributed by atoms with Crippen LogP contribution in [0.25, 0.3) is 12.2 Å². The number of nitrogens with zero attached hydrogens (tertiary/aromatic N) is 1. The topological polar surface area (TPSA) is 3.24 Å². The second-order valence-electron chi connectivity index (χ2n) is 4.13. The van der Waals surface area contributed by atoms with Gasteiger partial charge in [-0.1, -0.05) is 51.1 Å². The Bertz CT molecular complexity index is 588. The number of rotatable bonds is 5. The van der Waals surface area contributed by atoms with Gasteiger partial charge in [-0.05, 0) is 43.7 Å². The average Bonchev–Trinajstić information content (AvgIpc) is 2.85. The summed E-state index contributed by atoms with van der Waals surface area (Å²) in [6, 6.07) is 10.7. The van der Waals surface area contributed by atoms with Crippen molar-refractivity contribution in [1.82, 2.24) is 0 Å². The zero-order chi connectivity index (χ0) is 13.7. The van der Waals surface area contributed by atoms with Crippen molar-refractivity contribution >= 4 is 50.7 Å². The van der Waals surface area contributed by atoms with Crippen molar-refractivity contribution in [3.63, 3.8) is 0 Å². The summed E-state index contributed by atoms with van der Waals surface area (Å²) in [5, 5.41) is 0. The average molecular weight is 308 g/mol. The number of hydrogen-bond donors (Lipinski definition) is 0. The van der Waals surface area contributed by atoms with Crippen molar-refractivity contribution in [3.05, 3.63) is 44.6 Å². The van der Waals surface area contributed by atoms with Gasteiger partial charge in [0.1, 0.15) is 3.82 Å². The molecule has 0 radical (unpaired) electrons. The van der Waals surface area contributed by atoms with Crippen LogP contribution in [-0.4, -0.2) is 13.1 Å². The van der Waals surface area contributed by atoms with Gasteiger partial charge in [0.05, 0.1) is 0 Å². The fraction of sp³-hybridized carbons (Fsp3) is 0.267. The molecule has 19 heavy (non-hydrogen) atoms. The molecule has 0 aliphatic rings. The first-order valence-corrected chi connectivity index (χ1v) is 8.92. The van der Waals surface area contributed by atoms with E-state index in [9.17, 15) is 0 Å². The predicted octanol–water partition coefficient (Wildman–Crippen LogP) is 5.56. The first-order valence-electron chi connectivity index (χ1n) is 6.36. The molecular weight excluding hydrogens is 290 g/mol. The Kier molecular flexibility index (Phi) is 5.31. The van der Waals surface area contributed by atoms with Crippen molar-refractivity contribution in [2.24, 2.45) is 0 Å². The molecule has 100 valence electrons. The Balaban J connectivity index is 2.10. The van der Waals surface area contributed by atoms with E-state index in [0.29, 0.717) is 0 Å². The minimum atomic E-state index is 0.960. The fourth-order valence-electron chi connectivity index (χ4n) is 1.89. The van der Waals surface area contributed by atoms with E-state index in [-0.39, 0.29) is 0 Å². The number of hydrogen-bond acceptors (Lipinski definition) is 4. The third kappa shape index (κ3) is 4.00. The van der Waals surface area contributed by atoms with Crippen LogP contribution in [0.1, 0.15) is 24.3 Å². The van der Waals surface area contributed by atoms with E-state index in [4.69, 9.17) is 12.2 Å². The maximum atomic E-state index is 5.13. The van der Waals surface area contributed by atoms with E-state index in [1.807, 2.05) is 6.07 Å². The molecule has 4 heteroatoms. The molecule has 0 N–H and O–H groups in total. The highest BCUT2D eigenvalue weighted by Crippen LogP contribution is 2.21. The molecule has 2 aromatic rings. The van der Waals surface area contributed by atoms with Crippen LogP contribution in [0, 0.1) is 3.82 Å². The fourth-order valence-corrected chi connectivity index (χ4v) is 4.11. The van der Waals surface area contributed by atoms with Gasteiger partial charge in [-0.2, -0.15) is 0 Å². The lowest BCUT2D eigenvalue weighted by Gasteiger charge is -2.20. The smallest absolute Gasteiger partial charge is 0.102 e.